The summed E-state index contributed by atoms with van der Waals surface area (Å²) in [5.41, 5.74) is 0. The van der Waals surface area contributed by atoms with Crippen LogP contribution in [-0.4, -0.2) is 37.2 Å². The lowest BCUT2D eigenvalue weighted by Crippen LogP contribution is -2.30. The van der Waals surface area contributed by atoms with Crippen LogP contribution in [0.1, 0.15) is 245 Å². The molecule has 0 aliphatic heterocycles. The Morgan fingerprint density at radius 2 is 0.707 bits per heavy atom. The van der Waals surface area contributed by atoms with Gasteiger partial charge in [0.2, 0.25) is 0 Å². The van der Waals surface area contributed by atoms with Gasteiger partial charge in [0.1, 0.15) is 13.2 Å². The van der Waals surface area contributed by atoms with Crippen LogP contribution in [0.15, 0.2) is 48.6 Å². The van der Waals surface area contributed by atoms with E-state index in [4.69, 9.17) is 14.2 Å². The molecular weight excluding hydrogens is 721 g/mol. The van der Waals surface area contributed by atoms with Crippen molar-refractivity contribution >= 4 is 17.9 Å². The van der Waals surface area contributed by atoms with Gasteiger partial charge in [-0.05, 0) is 64.2 Å². The molecule has 0 amide bonds. The Hall–Kier alpha value is -2.63. The maximum Gasteiger partial charge on any atom is 0.306 e. The predicted octanol–water partition coefficient (Wildman–Crippen LogP) is 15.9. The van der Waals surface area contributed by atoms with Gasteiger partial charge < -0.3 is 14.2 Å². The maximum absolute atomic E-state index is 12.7. The number of carbonyl (C=O) groups excluding carboxylic acids is 3. The van der Waals surface area contributed by atoms with Crippen molar-refractivity contribution in [3.63, 3.8) is 0 Å². The average Bonchev–Trinajstić information content (AvgIpc) is 3.22. The van der Waals surface area contributed by atoms with Crippen LogP contribution < -0.4 is 0 Å². The first kappa shape index (κ1) is 55.4. The fourth-order valence-electron chi connectivity index (χ4n) is 6.86. The van der Waals surface area contributed by atoms with E-state index in [1.54, 1.807) is 0 Å². The zero-order chi connectivity index (χ0) is 42.3. The molecule has 0 N–H and O–H groups in total. The smallest absolute Gasteiger partial charge is 0.306 e. The molecule has 0 aliphatic rings. The Balaban J connectivity index is 4.30. The molecule has 0 aromatic carbocycles. The van der Waals surface area contributed by atoms with Crippen molar-refractivity contribution in [3.8, 4) is 0 Å². The predicted molar refractivity (Wildman–Crippen MR) is 247 cm³/mol. The quantitative estimate of drug-likeness (QED) is 0.0264. The highest BCUT2D eigenvalue weighted by Crippen LogP contribution is 2.16. The number of carbonyl (C=O) groups is 3. The monoisotopic (exact) mass is 813 g/mol. The normalized spacial score (nSPS) is 12.4. The Morgan fingerprint density at radius 1 is 0.362 bits per heavy atom. The van der Waals surface area contributed by atoms with Gasteiger partial charge in [0.15, 0.2) is 6.10 Å². The zero-order valence-electron chi connectivity index (χ0n) is 38.3. The van der Waals surface area contributed by atoms with Gasteiger partial charge in [0.05, 0.1) is 0 Å². The van der Waals surface area contributed by atoms with Crippen molar-refractivity contribution < 1.29 is 28.6 Å². The van der Waals surface area contributed by atoms with Crippen LogP contribution in [0, 0.1) is 0 Å². The molecule has 6 heteroatoms. The third-order valence-corrected chi connectivity index (χ3v) is 10.6. The molecule has 0 radical (unpaired) electrons. The van der Waals surface area contributed by atoms with E-state index in [9.17, 15) is 14.4 Å². The number of hydrogen-bond donors (Lipinski definition) is 0. The summed E-state index contributed by atoms with van der Waals surface area (Å²) in [6.45, 7) is 6.43. The van der Waals surface area contributed by atoms with E-state index in [1.807, 2.05) is 0 Å². The van der Waals surface area contributed by atoms with E-state index in [2.05, 4.69) is 69.4 Å². The van der Waals surface area contributed by atoms with Gasteiger partial charge in [-0.25, -0.2) is 0 Å². The fraction of sp³-hybridized carbons (Fsp3) is 0.788. The third-order valence-electron chi connectivity index (χ3n) is 10.6. The number of esters is 3. The van der Waals surface area contributed by atoms with Crippen LogP contribution >= 0.6 is 0 Å². The number of allylic oxidation sites excluding steroid dienone is 8. The van der Waals surface area contributed by atoms with Crippen LogP contribution in [0.2, 0.25) is 0 Å². The summed E-state index contributed by atoms with van der Waals surface area (Å²) in [5, 5.41) is 0. The zero-order valence-corrected chi connectivity index (χ0v) is 38.3. The van der Waals surface area contributed by atoms with E-state index in [1.165, 1.54) is 116 Å². The Morgan fingerprint density at radius 3 is 1.17 bits per heavy atom. The van der Waals surface area contributed by atoms with Crippen LogP contribution in [0.3, 0.4) is 0 Å². The standard InChI is InChI=1S/C52H92O6/c1-4-7-10-13-16-19-22-23-24-25-26-27-28-29-31-33-36-39-42-45-51(54)57-48-49(47-56-50(53)44-41-38-35-32-21-18-15-12-9-6-3)58-52(55)46-43-40-37-34-30-20-17-14-11-8-5-2/h8,11,15,17-18,20,34,37,49H,4-7,9-10,12-14,16,19,21-33,35-36,38-48H2,1-3H3/b11-8-,18-15-,20-17-,37-34-. The summed E-state index contributed by atoms with van der Waals surface area (Å²) in [6.07, 6.45) is 55.5. The van der Waals surface area contributed by atoms with Gasteiger partial charge in [-0.3, -0.25) is 14.4 Å². The summed E-state index contributed by atoms with van der Waals surface area (Å²) in [7, 11) is 0. The molecule has 0 aromatic rings. The van der Waals surface area contributed by atoms with Crippen molar-refractivity contribution in [2.75, 3.05) is 13.2 Å². The average molecular weight is 813 g/mol. The molecule has 0 fully saturated rings. The van der Waals surface area contributed by atoms with Gasteiger partial charge in [-0.15, -0.1) is 0 Å². The van der Waals surface area contributed by atoms with Crippen molar-refractivity contribution in [3.05, 3.63) is 48.6 Å². The topological polar surface area (TPSA) is 78.9 Å². The van der Waals surface area contributed by atoms with E-state index in [-0.39, 0.29) is 37.5 Å². The van der Waals surface area contributed by atoms with Gasteiger partial charge >= 0.3 is 17.9 Å². The molecule has 1 atom stereocenters. The first-order valence-corrected chi connectivity index (χ1v) is 24.6. The Labute approximate surface area is 358 Å². The maximum atomic E-state index is 12.7. The van der Waals surface area contributed by atoms with Crippen LogP contribution in [-0.2, 0) is 28.6 Å². The number of rotatable bonds is 44. The largest absolute Gasteiger partial charge is 0.462 e. The van der Waals surface area contributed by atoms with Crippen LogP contribution in [0.4, 0.5) is 0 Å². The molecule has 0 aliphatic carbocycles. The summed E-state index contributed by atoms with van der Waals surface area (Å²) in [5.74, 6) is -0.961. The van der Waals surface area contributed by atoms with Crippen molar-refractivity contribution in [2.24, 2.45) is 0 Å². The molecular formula is C52H92O6. The van der Waals surface area contributed by atoms with Gasteiger partial charge in [0, 0.05) is 19.3 Å². The van der Waals surface area contributed by atoms with Crippen LogP contribution in [0.25, 0.3) is 0 Å². The summed E-state index contributed by atoms with van der Waals surface area (Å²) >= 11 is 0. The molecule has 58 heavy (non-hydrogen) atoms. The molecule has 0 saturated carbocycles. The molecule has 1 unspecified atom stereocenters. The highest BCUT2D eigenvalue weighted by molar-refractivity contribution is 5.71. The summed E-state index contributed by atoms with van der Waals surface area (Å²) in [4.78, 5) is 37.7. The van der Waals surface area contributed by atoms with Crippen molar-refractivity contribution in [1.82, 2.24) is 0 Å². The SMILES string of the molecule is CC/C=C\C/C=C\C/C=C\CCCC(=O)OC(COC(=O)CCCCCC/C=C\CCCC)COC(=O)CCCCCCCCCCCCCCCCCCCCC. The van der Waals surface area contributed by atoms with Crippen molar-refractivity contribution in [2.45, 2.75) is 252 Å². The summed E-state index contributed by atoms with van der Waals surface area (Å²) in [6, 6.07) is 0. The Kier molecular flexibility index (Phi) is 44.9. The molecule has 0 heterocycles. The molecule has 6 nitrogen and oxygen atoms in total. The Bertz CT molecular complexity index is 1030. The molecule has 0 saturated heterocycles. The first-order valence-electron chi connectivity index (χ1n) is 24.6. The minimum Gasteiger partial charge on any atom is -0.462 e. The highest BCUT2D eigenvalue weighted by atomic mass is 16.6. The fourth-order valence-corrected chi connectivity index (χ4v) is 6.86. The van der Waals surface area contributed by atoms with Crippen molar-refractivity contribution in [1.29, 1.82) is 0 Å². The number of ether oxygens (including phenoxy) is 3. The lowest BCUT2D eigenvalue weighted by molar-refractivity contribution is -0.167. The van der Waals surface area contributed by atoms with E-state index < -0.39 is 6.10 Å². The second kappa shape index (κ2) is 47.1. The van der Waals surface area contributed by atoms with Crippen LogP contribution in [0.5, 0.6) is 0 Å². The number of unbranched alkanes of at least 4 members (excludes halogenated alkanes) is 25. The first-order chi connectivity index (χ1) is 28.5. The van der Waals surface area contributed by atoms with Gasteiger partial charge in [-0.2, -0.15) is 0 Å². The minimum atomic E-state index is -0.799. The van der Waals surface area contributed by atoms with Gasteiger partial charge in [-0.1, -0.05) is 211 Å². The lowest BCUT2D eigenvalue weighted by atomic mass is 10.0. The number of hydrogen-bond acceptors (Lipinski definition) is 6. The molecule has 336 valence electrons. The third kappa shape index (κ3) is 44.5. The van der Waals surface area contributed by atoms with Gasteiger partial charge in [0.25, 0.3) is 0 Å². The minimum absolute atomic E-state index is 0.0948. The molecule has 0 rings (SSSR count). The molecule has 0 aromatic heterocycles. The second-order valence-electron chi connectivity index (χ2n) is 16.3. The molecule has 0 bridgehead atoms. The highest BCUT2D eigenvalue weighted by Gasteiger charge is 2.19. The van der Waals surface area contributed by atoms with E-state index >= 15 is 0 Å². The molecule has 0 spiro atoms. The summed E-state index contributed by atoms with van der Waals surface area (Å²) < 4.78 is 16.7. The lowest BCUT2D eigenvalue weighted by Gasteiger charge is -2.18. The second-order valence-corrected chi connectivity index (χ2v) is 16.3. The van der Waals surface area contributed by atoms with E-state index in [0.29, 0.717) is 19.3 Å². The van der Waals surface area contributed by atoms with E-state index in [0.717, 1.165) is 83.5 Å².